The van der Waals surface area contributed by atoms with Gasteiger partial charge in [0, 0.05) is 5.56 Å². The second kappa shape index (κ2) is 6.18. The summed E-state index contributed by atoms with van der Waals surface area (Å²) in [6.07, 6.45) is -4.34. The van der Waals surface area contributed by atoms with E-state index < -0.39 is 17.0 Å². The minimum absolute atomic E-state index is 0.131. The Balaban J connectivity index is 1.98. The van der Waals surface area contributed by atoms with Gasteiger partial charge in [-0.05, 0) is 53.6 Å². The standard InChI is InChI=1S/C15H10ClF3O2/c16-14(20)11-3-7-13(8-4-11)21-9-10-1-5-12(6-2-10)15(17,18)19/h1-8H,9H2. The van der Waals surface area contributed by atoms with Crippen molar-refractivity contribution in [2.24, 2.45) is 0 Å². The number of benzene rings is 2. The van der Waals surface area contributed by atoms with E-state index in [-0.39, 0.29) is 6.61 Å². The first-order valence-corrected chi connectivity index (χ1v) is 6.33. The van der Waals surface area contributed by atoms with E-state index in [1.807, 2.05) is 0 Å². The van der Waals surface area contributed by atoms with E-state index in [0.29, 0.717) is 16.9 Å². The minimum Gasteiger partial charge on any atom is -0.489 e. The highest BCUT2D eigenvalue weighted by Crippen LogP contribution is 2.29. The number of carbonyl (C=O) groups excluding carboxylic acids is 1. The lowest BCUT2D eigenvalue weighted by molar-refractivity contribution is -0.137. The van der Waals surface area contributed by atoms with Crippen molar-refractivity contribution in [2.75, 3.05) is 0 Å². The lowest BCUT2D eigenvalue weighted by atomic mass is 10.1. The fourth-order valence-electron chi connectivity index (χ4n) is 1.64. The highest BCUT2D eigenvalue weighted by molar-refractivity contribution is 6.67. The first-order valence-electron chi connectivity index (χ1n) is 5.95. The summed E-state index contributed by atoms with van der Waals surface area (Å²) in [7, 11) is 0. The molecular weight excluding hydrogens is 305 g/mol. The summed E-state index contributed by atoms with van der Waals surface area (Å²) in [4.78, 5) is 10.9. The van der Waals surface area contributed by atoms with Crippen LogP contribution < -0.4 is 4.74 Å². The summed E-state index contributed by atoms with van der Waals surface area (Å²) in [5, 5.41) is -0.565. The van der Waals surface area contributed by atoms with Gasteiger partial charge in [-0.25, -0.2) is 0 Å². The number of hydrogen-bond donors (Lipinski definition) is 0. The average Bonchev–Trinajstić information content (AvgIpc) is 2.45. The Hall–Kier alpha value is -2.01. The zero-order valence-electron chi connectivity index (χ0n) is 10.7. The molecule has 0 aliphatic rings. The van der Waals surface area contributed by atoms with Crippen LogP contribution in [0.2, 0.25) is 0 Å². The summed E-state index contributed by atoms with van der Waals surface area (Å²) >= 11 is 5.31. The molecule has 2 rings (SSSR count). The van der Waals surface area contributed by atoms with Gasteiger partial charge in [-0.3, -0.25) is 4.79 Å². The Kier molecular flexibility index (Phi) is 4.53. The SMILES string of the molecule is O=C(Cl)c1ccc(OCc2ccc(C(F)(F)F)cc2)cc1. The quantitative estimate of drug-likeness (QED) is 0.767. The zero-order chi connectivity index (χ0) is 15.5. The van der Waals surface area contributed by atoms with Gasteiger partial charge in [0.1, 0.15) is 12.4 Å². The molecule has 0 saturated carbocycles. The largest absolute Gasteiger partial charge is 0.489 e. The van der Waals surface area contributed by atoms with E-state index in [2.05, 4.69) is 0 Å². The molecule has 0 aliphatic carbocycles. The maximum absolute atomic E-state index is 12.4. The molecule has 0 amide bonds. The molecule has 0 unspecified atom stereocenters. The van der Waals surface area contributed by atoms with Crippen LogP contribution in [0.25, 0.3) is 0 Å². The van der Waals surface area contributed by atoms with Crippen molar-refractivity contribution in [3.05, 3.63) is 65.2 Å². The summed E-state index contributed by atoms with van der Waals surface area (Å²) < 4.78 is 42.6. The van der Waals surface area contributed by atoms with Crippen LogP contribution in [-0.2, 0) is 12.8 Å². The van der Waals surface area contributed by atoms with Crippen LogP contribution in [0.5, 0.6) is 5.75 Å². The van der Waals surface area contributed by atoms with E-state index in [4.69, 9.17) is 16.3 Å². The third-order valence-corrected chi connectivity index (χ3v) is 2.99. The van der Waals surface area contributed by atoms with Crippen LogP contribution in [0, 0.1) is 0 Å². The van der Waals surface area contributed by atoms with E-state index >= 15 is 0 Å². The highest BCUT2D eigenvalue weighted by Gasteiger charge is 2.29. The van der Waals surface area contributed by atoms with Crippen molar-refractivity contribution in [3.8, 4) is 5.75 Å². The molecular formula is C15H10ClF3O2. The fourth-order valence-corrected chi connectivity index (χ4v) is 1.76. The number of halogens is 4. The zero-order valence-corrected chi connectivity index (χ0v) is 11.4. The molecule has 110 valence electrons. The number of carbonyl (C=O) groups is 1. The third-order valence-electron chi connectivity index (χ3n) is 2.77. The summed E-state index contributed by atoms with van der Waals surface area (Å²) in [6.45, 7) is 0.131. The van der Waals surface area contributed by atoms with Gasteiger partial charge in [-0.1, -0.05) is 12.1 Å². The number of alkyl halides is 3. The molecule has 0 spiro atoms. The van der Waals surface area contributed by atoms with E-state index in [1.54, 1.807) is 12.1 Å². The van der Waals surface area contributed by atoms with E-state index in [1.165, 1.54) is 24.3 Å². The van der Waals surface area contributed by atoms with Gasteiger partial charge < -0.3 is 4.74 Å². The Morgan fingerprint density at radius 3 is 2.05 bits per heavy atom. The normalized spacial score (nSPS) is 11.2. The second-order valence-corrected chi connectivity index (χ2v) is 4.62. The smallest absolute Gasteiger partial charge is 0.416 e. The molecule has 2 aromatic carbocycles. The van der Waals surface area contributed by atoms with Crippen molar-refractivity contribution in [1.82, 2.24) is 0 Å². The van der Waals surface area contributed by atoms with Gasteiger partial charge >= 0.3 is 6.18 Å². The van der Waals surface area contributed by atoms with Gasteiger partial charge in [-0.2, -0.15) is 13.2 Å². The molecule has 21 heavy (non-hydrogen) atoms. The molecule has 0 fully saturated rings. The first-order chi connectivity index (χ1) is 9.86. The molecule has 0 radical (unpaired) electrons. The van der Waals surface area contributed by atoms with Gasteiger partial charge in [0.05, 0.1) is 5.56 Å². The second-order valence-electron chi connectivity index (χ2n) is 4.28. The first kappa shape index (κ1) is 15.4. The Labute approximate surface area is 124 Å². The van der Waals surface area contributed by atoms with Crippen LogP contribution in [0.1, 0.15) is 21.5 Å². The summed E-state index contributed by atoms with van der Waals surface area (Å²) in [6, 6.07) is 10.9. The Bertz CT molecular complexity index is 619. The molecule has 0 heterocycles. The molecule has 0 aliphatic heterocycles. The summed E-state index contributed by atoms with van der Waals surface area (Å²) in [5.41, 5.74) is 0.260. The third kappa shape index (κ3) is 4.23. The van der Waals surface area contributed by atoms with Crippen LogP contribution in [0.15, 0.2) is 48.5 Å². The molecule has 2 aromatic rings. The van der Waals surface area contributed by atoms with Gasteiger partial charge in [0.15, 0.2) is 0 Å². The number of hydrogen-bond acceptors (Lipinski definition) is 2. The lowest BCUT2D eigenvalue weighted by Gasteiger charge is -2.09. The van der Waals surface area contributed by atoms with Gasteiger partial charge in [-0.15, -0.1) is 0 Å². The van der Waals surface area contributed by atoms with E-state index in [9.17, 15) is 18.0 Å². The van der Waals surface area contributed by atoms with Gasteiger partial charge in [0.25, 0.3) is 5.24 Å². The van der Waals surface area contributed by atoms with Crippen molar-refractivity contribution >= 4 is 16.8 Å². The van der Waals surface area contributed by atoms with Crippen molar-refractivity contribution in [1.29, 1.82) is 0 Å². The molecule has 2 nitrogen and oxygen atoms in total. The number of ether oxygens (including phenoxy) is 1. The van der Waals surface area contributed by atoms with Crippen LogP contribution in [-0.4, -0.2) is 5.24 Å². The Morgan fingerprint density at radius 2 is 1.57 bits per heavy atom. The van der Waals surface area contributed by atoms with Crippen LogP contribution in [0.3, 0.4) is 0 Å². The van der Waals surface area contributed by atoms with Gasteiger partial charge in [0.2, 0.25) is 0 Å². The van der Waals surface area contributed by atoms with Crippen molar-refractivity contribution in [2.45, 2.75) is 12.8 Å². The average molecular weight is 315 g/mol. The summed E-state index contributed by atoms with van der Waals surface area (Å²) in [5.74, 6) is 0.497. The van der Waals surface area contributed by atoms with Crippen molar-refractivity contribution in [3.63, 3.8) is 0 Å². The molecule has 0 saturated heterocycles. The van der Waals surface area contributed by atoms with Crippen LogP contribution in [0.4, 0.5) is 13.2 Å². The molecule has 0 bridgehead atoms. The van der Waals surface area contributed by atoms with E-state index in [0.717, 1.165) is 12.1 Å². The van der Waals surface area contributed by atoms with Crippen molar-refractivity contribution < 1.29 is 22.7 Å². The van der Waals surface area contributed by atoms with Crippen LogP contribution >= 0.6 is 11.6 Å². The highest BCUT2D eigenvalue weighted by atomic mass is 35.5. The maximum Gasteiger partial charge on any atom is 0.416 e. The molecule has 0 atom stereocenters. The maximum atomic E-state index is 12.4. The topological polar surface area (TPSA) is 26.3 Å². The fraction of sp³-hybridized carbons (Fsp3) is 0.133. The monoisotopic (exact) mass is 314 g/mol. The molecule has 6 heteroatoms. The molecule has 0 aromatic heterocycles. The predicted molar refractivity (Wildman–Crippen MR) is 72.4 cm³/mol. The number of rotatable bonds is 4. The lowest BCUT2D eigenvalue weighted by Crippen LogP contribution is -2.05. The predicted octanol–water partition coefficient (Wildman–Crippen LogP) is 4.66. The molecule has 0 N–H and O–H groups in total. The Morgan fingerprint density at radius 1 is 1.00 bits per heavy atom. The minimum atomic E-state index is -4.34.